The number of rotatable bonds is 2. The fourth-order valence-electron chi connectivity index (χ4n) is 2.56. The van der Waals surface area contributed by atoms with Gasteiger partial charge in [0, 0.05) is 31.2 Å². The van der Waals surface area contributed by atoms with E-state index in [-0.39, 0.29) is 11.8 Å². The van der Waals surface area contributed by atoms with Gasteiger partial charge >= 0.3 is 0 Å². The smallest absolute Gasteiger partial charge is 0.233 e. The number of carbonyl (C=O) groups excluding carboxylic acids is 1. The molecular weight excluding hydrogens is 250 g/mol. The summed E-state index contributed by atoms with van der Waals surface area (Å²) in [6.45, 7) is 3.44. The lowest BCUT2D eigenvalue weighted by Crippen LogP contribution is -2.35. The molecule has 2 heterocycles. The molecule has 4 nitrogen and oxygen atoms in total. The van der Waals surface area contributed by atoms with Gasteiger partial charge in [0.15, 0.2) is 0 Å². The Morgan fingerprint density at radius 3 is 3.05 bits per heavy atom. The zero-order valence-electron chi connectivity index (χ0n) is 11.4. The predicted octanol–water partition coefficient (Wildman–Crippen LogP) is 2.22. The molecule has 1 aliphatic rings. The molecule has 1 aromatic carbocycles. The van der Waals surface area contributed by atoms with Crippen LogP contribution in [0, 0.1) is 6.92 Å². The Hall–Kier alpha value is -2.20. The van der Waals surface area contributed by atoms with Crippen LogP contribution in [0.25, 0.3) is 0 Å². The summed E-state index contributed by atoms with van der Waals surface area (Å²) in [6.07, 6.45) is 3.44. The molecule has 0 fully saturated rings. The Morgan fingerprint density at radius 1 is 1.35 bits per heavy atom. The minimum atomic E-state index is -0.146. The van der Waals surface area contributed by atoms with E-state index in [4.69, 9.17) is 0 Å². The van der Waals surface area contributed by atoms with Crippen LogP contribution in [0.15, 0.2) is 42.7 Å². The minimum Gasteiger partial charge on any atom is -0.325 e. The summed E-state index contributed by atoms with van der Waals surface area (Å²) in [4.78, 5) is 16.5. The third kappa shape index (κ3) is 2.42. The molecular formula is C16H17N3O. The van der Waals surface area contributed by atoms with Crippen LogP contribution in [-0.2, 0) is 11.3 Å². The lowest BCUT2D eigenvalue weighted by atomic mass is 9.90. The van der Waals surface area contributed by atoms with Gasteiger partial charge in [-0.1, -0.05) is 24.3 Å². The van der Waals surface area contributed by atoms with Gasteiger partial charge in [0.05, 0.1) is 5.92 Å². The second-order valence-electron chi connectivity index (χ2n) is 5.06. The molecule has 0 radical (unpaired) electrons. The maximum absolute atomic E-state index is 12.5. The Bertz CT molecular complexity index is 639. The zero-order valence-corrected chi connectivity index (χ0v) is 11.4. The number of anilines is 1. The standard InChI is InChI=1S/C16H17N3O/c1-11-8-17-7-6-15(11)19-16(20)14-10-18-9-12-4-2-3-5-13(12)14/h2-8,14,18H,9-10H2,1H3,(H,17,19,20). The van der Waals surface area contributed by atoms with Gasteiger partial charge in [-0.2, -0.15) is 0 Å². The first-order chi connectivity index (χ1) is 9.75. The number of hydrogen-bond donors (Lipinski definition) is 2. The van der Waals surface area contributed by atoms with Crippen molar-refractivity contribution in [3.63, 3.8) is 0 Å². The Balaban J connectivity index is 1.84. The van der Waals surface area contributed by atoms with Gasteiger partial charge in [-0.25, -0.2) is 0 Å². The first-order valence-corrected chi connectivity index (χ1v) is 6.75. The van der Waals surface area contributed by atoms with Gasteiger partial charge in [0.25, 0.3) is 0 Å². The lowest BCUT2D eigenvalue weighted by molar-refractivity contribution is -0.117. The highest BCUT2D eigenvalue weighted by Gasteiger charge is 2.26. The quantitative estimate of drug-likeness (QED) is 0.877. The SMILES string of the molecule is Cc1cnccc1NC(=O)C1CNCc2ccccc21. The first-order valence-electron chi connectivity index (χ1n) is 6.75. The summed E-state index contributed by atoms with van der Waals surface area (Å²) in [6, 6.07) is 9.94. The molecule has 1 unspecified atom stereocenters. The second-order valence-corrected chi connectivity index (χ2v) is 5.06. The first kappa shape index (κ1) is 12.8. The molecule has 1 atom stereocenters. The number of fused-ring (bicyclic) bond motifs is 1. The van der Waals surface area contributed by atoms with Crippen LogP contribution in [-0.4, -0.2) is 17.4 Å². The molecule has 4 heteroatoms. The highest BCUT2D eigenvalue weighted by atomic mass is 16.1. The van der Waals surface area contributed by atoms with E-state index in [0.29, 0.717) is 6.54 Å². The Morgan fingerprint density at radius 2 is 2.20 bits per heavy atom. The fourth-order valence-corrected chi connectivity index (χ4v) is 2.56. The maximum Gasteiger partial charge on any atom is 0.233 e. The molecule has 20 heavy (non-hydrogen) atoms. The molecule has 0 saturated heterocycles. The molecule has 2 aromatic rings. The monoisotopic (exact) mass is 267 g/mol. The van der Waals surface area contributed by atoms with E-state index in [1.165, 1.54) is 5.56 Å². The normalized spacial score (nSPS) is 17.4. The summed E-state index contributed by atoms with van der Waals surface area (Å²) >= 11 is 0. The van der Waals surface area contributed by atoms with Crippen molar-refractivity contribution in [1.29, 1.82) is 0 Å². The highest BCUT2D eigenvalue weighted by molar-refractivity contribution is 5.96. The van der Waals surface area contributed by atoms with Crippen molar-refractivity contribution in [2.75, 3.05) is 11.9 Å². The Labute approximate surface area is 118 Å². The number of carbonyl (C=O) groups is 1. The van der Waals surface area contributed by atoms with Gasteiger partial charge in [-0.3, -0.25) is 9.78 Å². The van der Waals surface area contributed by atoms with Gasteiger partial charge in [-0.15, -0.1) is 0 Å². The van der Waals surface area contributed by atoms with Crippen LogP contribution in [0.2, 0.25) is 0 Å². The van der Waals surface area contributed by atoms with Crippen LogP contribution < -0.4 is 10.6 Å². The van der Waals surface area contributed by atoms with E-state index in [2.05, 4.69) is 21.7 Å². The summed E-state index contributed by atoms with van der Waals surface area (Å²) in [5.41, 5.74) is 4.12. The van der Waals surface area contributed by atoms with Crippen molar-refractivity contribution in [2.45, 2.75) is 19.4 Å². The zero-order chi connectivity index (χ0) is 13.9. The van der Waals surface area contributed by atoms with E-state index in [0.717, 1.165) is 23.4 Å². The largest absolute Gasteiger partial charge is 0.325 e. The number of aryl methyl sites for hydroxylation is 1. The van der Waals surface area contributed by atoms with Crippen molar-refractivity contribution in [3.8, 4) is 0 Å². The minimum absolute atomic E-state index is 0.0268. The topological polar surface area (TPSA) is 54.0 Å². The Kier molecular flexibility index (Phi) is 3.48. The van der Waals surface area contributed by atoms with Crippen molar-refractivity contribution < 1.29 is 4.79 Å². The molecule has 102 valence electrons. The number of aromatic nitrogens is 1. The third-order valence-electron chi connectivity index (χ3n) is 3.69. The molecule has 1 amide bonds. The summed E-state index contributed by atoms with van der Waals surface area (Å²) in [7, 11) is 0. The lowest BCUT2D eigenvalue weighted by Gasteiger charge is -2.25. The van der Waals surface area contributed by atoms with Crippen molar-refractivity contribution in [1.82, 2.24) is 10.3 Å². The number of benzene rings is 1. The van der Waals surface area contributed by atoms with Crippen molar-refractivity contribution in [3.05, 3.63) is 59.4 Å². The molecule has 1 aromatic heterocycles. The van der Waals surface area contributed by atoms with Crippen molar-refractivity contribution >= 4 is 11.6 Å². The van der Waals surface area contributed by atoms with Crippen molar-refractivity contribution in [2.24, 2.45) is 0 Å². The molecule has 0 aliphatic carbocycles. The maximum atomic E-state index is 12.5. The molecule has 3 rings (SSSR count). The average molecular weight is 267 g/mol. The van der Waals surface area contributed by atoms with E-state index < -0.39 is 0 Å². The molecule has 1 aliphatic heterocycles. The number of pyridine rings is 1. The number of nitrogens with zero attached hydrogens (tertiary/aromatic N) is 1. The van der Waals surface area contributed by atoms with Gasteiger partial charge in [0.2, 0.25) is 5.91 Å². The third-order valence-corrected chi connectivity index (χ3v) is 3.69. The summed E-state index contributed by atoms with van der Waals surface area (Å²) < 4.78 is 0. The summed E-state index contributed by atoms with van der Waals surface area (Å²) in [5.74, 6) is -0.119. The van der Waals surface area contributed by atoms with Gasteiger partial charge < -0.3 is 10.6 Å². The fraction of sp³-hybridized carbons (Fsp3) is 0.250. The molecule has 0 spiro atoms. The van der Waals surface area contributed by atoms with Crippen LogP contribution >= 0.6 is 0 Å². The second kappa shape index (κ2) is 5.43. The van der Waals surface area contributed by atoms with Crippen LogP contribution in [0.3, 0.4) is 0 Å². The van der Waals surface area contributed by atoms with E-state index >= 15 is 0 Å². The van der Waals surface area contributed by atoms with Gasteiger partial charge in [-0.05, 0) is 29.7 Å². The number of nitrogens with one attached hydrogen (secondary N) is 2. The van der Waals surface area contributed by atoms with Crippen LogP contribution in [0.1, 0.15) is 22.6 Å². The summed E-state index contributed by atoms with van der Waals surface area (Å²) in [5, 5.41) is 6.30. The van der Waals surface area contributed by atoms with E-state index in [1.54, 1.807) is 12.4 Å². The van der Waals surface area contributed by atoms with E-state index in [1.807, 2.05) is 31.2 Å². The average Bonchev–Trinajstić information content (AvgIpc) is 2.49. The van der Waals surface area contributed by atoms with Crippen LogP contribution in [0.4, 0.5) is 5.69 Å². The molecule has 0 saturated carbocycles. The van der Waals surface area contributed by atoms with Gasteiger partial charge in [0.1, 0.15) is 0 Å². The highest BCUT2D eigenvalue weighted by Crippen LogP contribution is 2.25. The van der Waals surface area contributed by atoms with Crippen LogP contribution in [0.5, 0.6) is 0 Å². The predicted molar refractivity (Wildman–Crippen MR) is 78.5 cm³/mol. The number of amides is 1. The molecule has 2 N–H and O–H groups in total. The van der Waals surface area contributed by atoms with E-state index in [9.17, 15) is 4.79 Å². The molecule has 0 bridgehead atoms. The number of hydrogen-bond acceptors (Lipinski definition) is 3.